The summed E-state index contributed by atoms with van der Waals surface area (Å²) in [5.41, 5.74) is 1.52. The van der Waals surface area contributed by atoms with Crippen LogP contribution in [0.25, 0.3) is 10.2 Å². The van der Waals surface area contributed by atoms with Crippen molar-refractivity contribution < 1.29 is 27.5 Å². The van der Waals surface area contributed by atoms with Crippen molar-refractivity contribution in [2.45, 2.75) is 50.9 Å². The van der Waals surface area contributed by atoms with E-state index in [4.69, 9.17) is 4.74 Å². The van der Waals surface area contributed by atoms with Crippen molar-refractivity contribution in [2.24, 2.45) is 11.8 Å². The number of halogens is 3. The smallest absolute Gasteiger partial charge is 0.407 e. The standard InChI is InChI=1S/C26H29F3N4O3S/c1-33(2)24(34)18-8-17(9-19(11-18)32-25(35)36-14-16-6-4-3-5-7-16)10-22-21-12-20(13-26(27,28)29)37-23(21)31-15-30-22/h3-7,12,15,17-19H,8-11,13-14H2,1-2H3,(H,32,35)/t17-,18+,19-/m1/s1. The van der Waals surface area contributed by atoms with Crippen LogP contribution in [-0.4, -0.2) is 53.2 Å². The molecule has 0 bridgehead atoms. The SMILES string of the molecule is CN(C)C(=O)[C@H]1C[C@@H](Cc2ncnc3sc(CC(F)(F)F)cc23)C[C@@H](NC(=O)OCc2ccccc2)C1. The van der Waals surface area contributed by atoms with Gasteiger partial charge in [-0.1, -0.05) is 30.3 Å². The fourth-order valence-electron chi connectivity index (χ4n) is 4.89. The second-order valence-corrected chi connectivity index (χ2v) is 10.8. The average Bonchev–Trinajstić information content (AvgIpc) is 3.24. The first-order chi connectivity index (χ1) is 17.6. The van der Waals surface area contributed by atoms with Crippen LogP contribution in [0.2, 0.25) is 0 Å². The molecule has 2 aromatic heterocycles. The number of alkyl halides is 3. The molecule has 0 saturated heterocycles. The van der Waals surface area contributed by atoms with Crippen LogP contribution in [0.15, 0.2) is 42.7 Å². The maximum absolute atomic E-state index is 12.9. The molecule has 1 fully saturated rings. The third-order valence-electron chi connectivity index (χ3n) is 6.45. The van der Waals surface area contributed by atoms with E-state index in [9.17, 15) is 22.8 Å². The quantitative estimate of drug-likeness (QED) is 0.454. The number of nitrogens with one attached hydrogen (secondary N) is 1. The molecule has 1 saturated carbocycles. The van der Waals surface area contributed by atoms with Crippen molar-refractivity contribution in [3.8, 4) is 0 Å². The van der Waals surface area contributed by atoms with Gasteiger partial charge >= 0.3 is 12.3 Å². The van der Waals surface area contributed by atoms with E-state index in [-0.39, 0.29) is 35.3 Å². The molecular formula is C26H29F3N4O3S. The number of nitrogens with zero attached hydrogens (tertiary/aromatic N) is 3. The van der Waals surface area contributed by atoms with Gasteiger partial charge in [-0.3, -0.25) is 4.79 Å². The van der Waals surface area contributed by atoms with Gasteiger partial charge in [0.2, 0.25) is 5.91 Å². The van der Waals surface area contributed by atoms with Crippen LogP contribution in [0, 0.1) is 11.8 Å². The van der Waals surface area contributed by atoms with E-state index in [2.05, 4.69) is 15.3 Å². The van der Waals surface area contributed by atoms with Crippen LogP contribution >= 0.6 is 11.3 Å². The minimum Gasteiger partial charge on any atom is -0.445 e. The van der Waals surface area contributed by atoms with Crippen molar-refractivity contribution in [1.82, 2.24) is 20.2 Å². The number of alkyl carbamates (subject to hydrolysis) is 1. The molecular weight excluding hydrogens is 505 g/mol. The van der Waals surface area contributed by atoms with E-state index in [0.717, 1.165) is 16.9 Å². The van der Waals surface area contributed by atoms with E-state index in [0.29, 0.717) is 41.6 Å². The number of fused-ring (bicyclic) bond motifs is 1. The number of thiophene rings is 1. The number of benzene rings is 1. The molecule has 3 aromatic rings. The molecule has 1 aliphatic rings. The highest BCUT2D eigenvalue weighted by atomic mass is 32.1. The van der Waals surface area contributed by atoms with Crippen LogP contribution in [0.3, 0.4) is 0 Å². The monoisotopic (exact) mass is 534 g/mol. The highest BCUT2D eigenvalue weighted by Crippen LogP contribution is 2.36. The van der Waals surface area contributed by atoms with Gasteiger partial charge in [0.15, 0.2) is 0 Å². The summed E-state index contributed by atoms with van der Waals surface area (Å²) in [6.07, 6.45) is -2.34. The molecule has 11 heteroatoms. The van der Waals surface area contributed by atoms with Crippen molar-refractivity contribution >= 4 is 33.6 Å². The minimum absolute atomic E-state index is 0.00820. The summed E-state index contributed by atoms with van der Waals surface area (Å²) in [6, 6.07) is 10.6. The van der Waals surface area contributed by atoms with Crippen molar-refractivity contribution in [3.05, 3.63) is 58.9 Å². The molecule has 37 heavy (non-hydrogen) atoms. The topological polar surface area (TPSA) is 84.4 Å². The summed E-state index contributed by atoms with van der Waals surface area (Å²) >= 11 is 1.02. The zero-order chi connectivity index (χ0) is 26.6. The second kappa shape index (κ2) is 11.5. The van der Waals surface area contributed by atoms with Gasteiger partial charge in [-0.15, -0.1) is 11.3 Å². The number of carbonyl (C=O) groups is 2. The predicted molar refractivity (Wildman–Crippen MR) is 134 cm³/mol. The Bertz CT molecular complexity index is 1230. The van der Waals surface area contributed by atoms with Crippen LogP contribution in [0.4, 0.5) is 18.0 Å². The molecule has 4 rings (SSSR count). The molecule has 0 spiro atoms. The van der Waals surface area contributed by atoms with E-state index in [1.165, 1.54) is 12.4 Å². The van der Waals surface area contributed by atoms with Gasteiger partial charge in [-0.25, -0.2) is 14.8 Å². The van der Waals surface area contributed by atoms with Crippen LogP contribution < -0.4 is 5.32 Å². The number of rotatable bonds is 7. The van der Waals surface area contributed by atoms with Crippen LogP contribution in [0.5, 0.6) is 0 Å². The Morgan fingerprint density at radius 1 is 1.14 bits per heavy atom. The molecule has 1 aromatic carbocycles. The van der Waals surface area contributed by atoms with Gasteiger partial charge in [-0.2, -0.15) is 13.2 Å². The molecule has 0 radical (unpaired) electrons. The predicted octanol–water partition coefficient (Wildman–Crippen LogP) is 5.14. The molecule has 2 heterocycles. The first-order valence-electron chi connectivity index (χ1n) is 12.0. The van der Waals surface area contributed by atoms with E-state index in [1.807, 2.05) is 30.3 Å². The highest BCUT2D eigenvalue weighted by Gasteiger charge is 2.35. The van der Waals surface area contributed by atoms with Gasteiger partial charge in [0.1, 0.15) is 17.8 Å². The van der Waals surface area contributed by atoms with E-state index >= 15 is 0 Å². The molecule has 198 valence electrons. The first-order valence-corrected chi connectivity index (χ1v) is 12.9. The summed E-state index contributed by atoms with van der Waals surface area (Å²) in [6.45, 7) is 0.139. The Balaban J connectivity index is 1.47. The van der Waals surface area contributed by atoms with Crippen LogP contribution in [-0.2, 0) is 29.0 Å². The lowest BCUT2D eigenvalue weighted by Gasteiger charge is -2.35. The summed E-state index contributed by atoms with van der Waals surface area (Å²) in [4.78, 5) is 36.1. The van der Waals surface area contributed by atoms with Crippen molar-refractivity contribution in [2.75, 3.05) is 14.1 Å². The average molecular weight is 535 g/mol. The zero-order valence-electron chi connectivity index (χ0n) is 20.6. The largest absolute Gasteiger partial charge is 0.445 e. The summed E-state index contributed by atoms with van der Waals surface area (Å²) < 4.78 is 44.1. The van der Waals surface area contributed by atoms with Crippen molar-refractivity contribution in [3.63, 3.8) is 0 Å². The molecule has 1 N–H and O–H groups in total. The minimum atomic E-state index is -4.30. The summed E-state index contributed by atoms with van der Waals surface area (Å²) in [5, 5.41) is 3.52. The molecule has 0 unspecified atom stereocenters. The molecule has 1 aliphatic carbocycles. The molecule has 2 amide bonds. The second-order valence-electron chi connectivity index (χ2n) is 9.65. The third kappa shape index (κ3) is 7.41. The highest BCUT2D eigenvalue weighted by molar-refractivity contribution is 7.18. The molecule has 7 nitrogen and oxygen atoms in total. The van der Waals surface area contributed by atoms with Gasteiger partial charge < -0.3 is 15.0 Å². The normalized spacial score (nSPS) is 20.0. The Kier molecular flexibility index (Phi) is 8.31. The lowest BCUT2D eigenvalue weighted by atomic mass is 9.76. The maximum Gasteiger partial charge on any atom is 0.407 e. The zero-order valence-corrected chi connectivity index (χ0v) is 21.4. The molecule has 3 atom stereocenters. The van der Waals surface area contributed by atoms with Gasteiger partial charge in [0.05, 0.1) is 12.1 Å². The lowest BCUT2D eigenvalue weighted by Crippen LogP contribution is -2.45. The van der Waals surface area contributed by atoms with Gasteiger partial charge in [-0.05, 0) is 43.2 Å². The summed E-state index contributed by atoms with van der Waals surface area (Å²) in [5.74, 6) is -0.329. The lowest BCUT2D eigenvalue weighted by molar-refractivity contribution is -0.134. The summed E-state index contributed by atoms with van der Waals surface area (Å²) in [7, 11) is 3.40. The maximum atomic E-state index is 12.9. The third-order valence-corrected chi connectivity index (χ3v) is 7.49. The van der Waals surface area contributed by atoms with Crippen molar-refractivity contribution in [1.29, 1.82) is 0 Å². The Morgan fingerprint density at radius 3 is 2.59 bits per heavy atom. The fraction of sp³-hybridized carbons (Fsp3) is 0.462. The van der Waals surface area contributed by atoms with E-state index in [1.54, 1.807) is 19.0 Å². The Morgan fingerprint density at radius 2 is 1.89 bits per heavy atom. The number of hydrogen-bond acceptors (Lipinski definition) is 6. The number of ether oxygens (including phenoxy) is 1. The Hall–Kier alpha value is -3.21. The Labute approximate surface area is 217 Å². The van der Waals surface area contributed by atoms with Gasteiger partial charge in [0, 0.05) is 36.3 Å². The van der Waals surface area contributed by atoms with Crippen LogP contribution in [0.1, 0.15) is 35.4 Å². The molecule has 0 aliphatic heterocycles. The fourth-order valence-corrected chi connectivity index (χ4v) is 5.94. The number of hydrogen-bond donors (Lipinski definition) is 1. The van der Waals surface area contributed by atoms with E-state index < -0.39 is 18.7 Å². The number of carbonyl (C=O) groups excluding carboxylic acids is 2. The number of amides is 2. The number of aromatic nitrogens is 2. The first kappa shape index (κ1) is 26.8. The van der Waals surface area contributed by atoms with Gasteiger partial charge in [0.25, 0.3) is 0 Å².